The van der Waals surface area contributed by atoms with Gasteiger partial charge in [-0.2, -0.15) is 0 Å². The van der Waals surface area contributed by atoms with Gasteiger partial charge in [0.05, 0.1) is 6.61 Å². The first-order valence-corrected chi connectivity index (χ1v) is 18.5. The maximum atomic E-state index is 14.4. The van der Waals surface area contributed by atoms with Gasteiger partial charge in [0.25, 0.3) is 0 Å². The molecule has 0 spiro atoms. The number of phenols is 1. The first-order valence-electron chi connectivity index (χ1n) is 18.5. The summed E-state index contributed by atoms with van der Waals surface area (Å²) in [5, 5.41) is 25.8. The number of aliphatic hydroxyl groups excluding tert-OH is 1. The normalized spacial score (nSPS) is 26.2. The highest BCUT2D eigenvalue weighted by atomic mass is 16.3. The second-order valence-electron chi connectivity index (χ2n) is 15.6. The van der Waals surface area contributed by atoms with E-state index in [9.17, 15) is 39.0 Å². The van der Waals surface area contributed by atoms with Crippen LogP contribution in [0.1, 0.15) is 79.2 Å². The van der Waals surface area contributed by atoms with Crippen LogP contribution in [0.4, 0.5) is 0 Å². The summed E-state index contributed by atoms with van der Waals surface area (Å²) in [4.78, 5) is 90.5. The molecule has 4 N–H and O–H groups in total. The number of carbonyl (C=O) groups excluding carboxylic acids is 6. The number of hydrogen-bond acceptors (Lipinski definition) is 8. The molecule has 0 aliphatic carbocycles. The number of nitrogens with one attached hydrogen (secondary N) is 2. The summed E-state index contributed by atoms with van der Waals surface area (Å²) in [6, 6.07) is -0.286. The minimum Gasteiger partial charge on any atom is -0.508 e. The fraction of sp³-hybridized carbons (Fsp3) is 0.684. The van der Waals surface area contributed by atoms with Crippen molar-refractivity contribution in [3.63, 3.8) is 0 Å². The van der Waals surface area contributed by atoms with Crippen LogP contribution < -0.4 is 10.6 Å². The minimum atomic E-state index is -1.38. The van der Waals surface area contributed by atoms with Gasteiger partial charge in [0.2, 0.25) is 35.4 Å². The lowest BCUT2D eigenvalue weighted by molar-refractivity contribution is -0.152. The van der Waals surface area contributed by atoms with E-state index in [0.717, 1.165) is 0 Å². The number of nitrogens with zero attached hydrogens (tertiary/aromatic N) is 4. The average molecular weight is 729 g/mol. The maximum Gasteiger partial charge on any atom is 0.248 e. The Labute approximate surface area is 308 Å². The van der Waals surface area contributed by atoms with E-state index in [1.165, 1.54) is 52.9 Å². The third-order valence-corrected chi connectivity index (χ3v) is 10.0. The average Bonchev–Trinajstić information content (AvgIpc) is 3.58. The second-order valence-corrected chi connectivity index (χ2v) is 15.6. The number of hydrogen-bond donors (Lipinski definition) is 4. The highest BCUT2D eigenvalue weighted by Gasteiger charge is 2.44. The number of aromatic hydroxyl groups is 1. The van der Waals surface area contributed by atoms with Crippen molar-refractivity contribution in [3.8, 4) is 5.75 Å². The fourth-order valence-electron chi connectivity index (χ4n) is 7.10. The number of benzene rings is 1. The molecule has 2 aliphatic rings. The lowest BCUT2D eigenvalue weighted by Crippen LogP contribution is -2.62. The van der Waals surface area contributed by atoms with Crippen molar-refractivity contribution in [1.29, 1.82) is 0 Å². The van der Waals surface area contributed by atoms with Crippen molar-refractivity contribution in [2.75, 3.05) is 34.3 Å². The van der Waals surface area contributed by atoms with Crippen LogP contribution >= 0.6 is 0 Å². The Bertz CT molecular complexity index is 1430. The van der Waals surface area contributed by atoms with Crippen LogP contribution in [0.3, 0.4) is 0 Å². The number of amides is 6. The van der Waals surface area contributed by atoms with Crippen LogP contribution in [-0.4, -0.2) is 136 Å². The molecular formula is C38H60N6O8. The van der Waals surface area contributed by atoms with E-state index in [0.29, 0.717) is 18.4 Å². The molecule has 2 aliphatic heterocycles. The van der Waals surface area contributed by atoms with Crippen LogP contribution in [-0.2, 0) is 35.2 Å². The summed E-state index contributed by atoms with van der Waals surface area (Å²) in [6.45, 7) is 10.9. The number of phenolic OH excluding ortho intramolecular Hbond substituents is 1. The van der Waals surface area contributed by atoms with Gasteiger partial charge >= 0.3 is 0 Å². The van der Waals surface area contributed by atoms with Crippen LogP contribution in [0, 0.1) is 17.8 Å². The molecule has 2 saturated heterocycles. The molecule has 2 heterocycles. The third-order valence-electron chi connectivity index (χ3n) is 10.0. The quantitative estimate of drug-likeness (QED) is 0.296. The summed E-state index contributed by atoms with van der Waals surface area (Å²) in [6.07, 6.45) is 1.61. The van der Waals surface area contributed by atoms with Gasteiger partial charge in [-0.05, 0) is 67.6 Å². The Morgan fingerprint density at radius 1 is 0.654 bits per heavy atom. The topological polar surface area (TPSA) is 180 Å². The summed E-state index contributed by atoms with van der Waals surface area (Å²) in [7, 11) is 4.50. The Balaban J connectivity index is 2.20. The van der Waals surface area contributed by atoms with Gasteiger partial charge in [0, 0.05) is 34.1 Å². The fourth-order valence-corrected chi connectivity index (χ4v) is 7.10. The predicted octanol–water partition coefficient (Wildman–Crippen LogP) is 1.52. The lowest BCUT2D eigenvalue weighted by Gasteiger charge is -2.38. The molecule has 14 heteroatoms. The van der Waals surface area contributed by atoms with Gasteiger partial charge in [-0.1, -0.05) is 53.7 Å². The van der Waals surface area contributed by atoms with E-state index >= 15 is 0 Å². The molecular weight excluding hydrogens is 668 g/mol. The lowest BCUT2D eigenvalue weighted by atomic mass is 9.96. The highest BCUT2D eigenvalue weighted by Crippen LogP contribution is 2.24. The summed E-state index contributed by atoms with van der Waals surface area (Å²) >= 11 is 0. The SMILES string of the molecule is CC(C)C[C@@H]1NC(=O)[C@H](Cc2ccc(O)cc2)N(C)C(=O)[C@H]2CCCN2C(=O)[C@H](CO)NC(=O)[C@H](CC(C)C)N(C)C(=O)[C@@H](CC(C)C)N(C)C1=O. The van der Waals surface area contributed by atoms with Gasteiger partial charge < -0.3 is 40.4 Å². The van der Waals surface area contributed by atoms with Crippen LogP contribution in [0.25, 0.3) is 0 Å². The van der Waals surface area contributed by atoms with Crippen molar-refractivity contribution in [3.05, 3.63) is 29.8 Å². The van der Waals surface area contributed by atoms with Crippen molar-refractivity contribution < 1.29 is 39.0 Å². The van der Waals surface area contributed by atoms with E-state index in [-0.39, 0.29) is 55.7 Å². The first-order chi connectivity index (χ1) is 24.4. The molecule has 3 rings (SSSR count). The van der Waals surface area contributed by atoms with E-state index in [1.54, 1.807) is 12.1 Å². The Kier molecular flexibility index (Phi) is 15.0. The van der Waals surface area contributed by atoms with E-state index in [4.69, 9.17) is 0 Å². The Morgan fingerprint density at radius 2 is 1.15 bits per heavy atom. The number of fused-ring (bicyclic) bond motifs is 1. The van der Waals surface area contributed by atoms with Crippen molar-refractivity contribution in [1.82, 2.24) is 30.2 Å². The summed E-state index contributed by atoms with van der Waals surface area (Å²) in [5.74, 6) is -3.37. The van der Waals surface area contributed by atoms with Crippen molar-refractivity contribution in [2.24, 2.45) is 17.8 Å². The molecule has 0 radical (unpaired) electrons. The molecule has 6 amide bonds. The first kappa shape index (κ1) is 42.2. The smallest absolute Gasteiger partial charge is 0.248 e. The van der Waals surface area contributed by atoms with Crippen LogP contribution in [0.15, 0.2) is 24.3 Å². The van der Waals surface area contributed by atoms with Gasteiger partial charge in [0.15, 0.2) is 0 Å². The summed E-state index contributed by atoms with van der Waals surface area (Å²) < 4.78 is 0. The van der Waals surface area contributed by atoms with Gasteiger partial charge in [-0.3, -0.25) is 28.8 Å². The monoisotopic (exact) mass is 728 g/mol. The number of aliphatic hydroxyl groups is 1. The number of carbonyl (C=O) groups is 6. The standard InChI is InChI=1S/C38H60N6O8/c1-22(2)17-27-35(49)43(9)32(19-24(5)6)38(52)41(7)30(18-23(3)4)33(47)40-28(21-45)36(50)44-16-10-11-29(44)37(51)42(8)31(34(48)39-27)20-25-12-14-26(46)15-13-25/h12-15,22-24,27-32,45-46H,10-11,16-21H2,1-9H3,(H,39,48)(H,40,47)/t27-,28-,29+,30-,31-,32+/m0/s1. The Morgan fingerprint density at radius 3 is 1.71 bits per heavy atom. The van der Waals surface area contributed by atoms with Crippen LogP contribution in [0.2, 0.25) is 0 Å². The third kappa shape index (κ3) is 10.4. The Hall–Kier alpha value is -4.20. The molecule has 1 aromatic rings. The number of rotatable bonds is 9. The van der Waals surface area contributed by atoms with Crippen molar-refractivity contribution >= 4 is 35.4 Å². The van der Waals surface area contributed by atoms with E-state index < -0.39 is 78.3 Å². The number of likely N-dealkylation sites (N-methyl/N-ethyl adjacent to an activating group) is 3. The summed E-state index contributed by atoms with van der Waals surface area (Å²) in [5.41, 5.74) is 0.646. The molecule has 0 bridgehead atoms. The highest BCUT2D eigenvalue weighted by molar-refractivity contribution is 5.98. The largest absolute Gasteiger partial charge is 0.508 e. The van der Waals surface area contributed by atoms with Crippen LogP contribution in [0.5, 0.6) is 5.75 Å². The van der Waals surface area contributed by atoms with Gasteiger partial charge in [0.1, 0.15) is 42.0 Å². The van der Waals surface area contributed by atoms with Gasteiger partial charge in [-0.25, -0.2) is 0 Å². The molecule has 0 saturated carbocycles. The molecule has 0 aromatic heterocycles. The molecule has 0 unspecified atom stereocenters. The molecule has 290 valence electrons. The molecule has 52 heavy (non-hydrogen) atoms. The molecule has 1 aromatic carbocycles. The zero-order valence-electron chi connectivity index (χ0n) is 32.3. The molecule has 6 atom stereocenters. The molecule has 14 nitrogen and oxygen atoms in total. The van der Waals surface area contributed by atoms with Crippen molar-refractivity contribution in [2.45, 2.75) is 116 Å². The minimum absolute atomic E-state index is 0.0230. The van der Waals surface area contributed by atoms with E-state index in [1.807, 2.05) is 41.5 Å². The predicted molar refractivity (Wildman–Crippen MR) is 196 cm³/mol. The zero-order chi connectivity index (χ0) is 39.0. The molecule has 2 fully saturated rings. The second kappa shape index (κ2) is 18.5. The zero-order valence-corrected chi connectivity index (χ0v) is 32.3. The maximum absolute atomic E-state index is 14.4. The van der Waals surface area contributed by atoms with E-state index in [2.05, 4.69) is 10.6 Å². The van der Waals surface area contributed by atoms with Gasteiger partial charge in [-0.15, -0.1) is 0 Å².